The molecule has 5 nitrogen and oxygen atoms in total. The van der Waals surface area contributed by atoms with Crippen molar-refractivity contribution >= 4 is 10.9 Å². The number of rotatable bonds is 4. The number of β-amino-alcohol motifs (C(OH)–C–C–N with tert-alkyl or cyclic N) is 1. The van der Waals surface area contributed by atoms with Crippen molar-refractivity contribution < 1.29 is 18.3 Å². The summed E-state index contributed by atoms with van der Waals surface area (Å²) >= 11 is 0. The number of halogens is 3. The number of aliphatic hydroxyl groups is 1. The van der Waals surface area contributed by atoms with Crippen LogP contribution in [0.15, 0.2) is 54.7 Å². The van der Waals surface area contributed by atoms with Crippen LogP contribution in [0.5, 0.6) is 0 Å². The SMILES string of the molecule is OC(CN1CCNCC1)(c1ccc2c(cnn2-c2ccccc2)c1)C(F)(F)F. The third-order valence-corrected chi connectivity index (χ3v) is 5.18. The summed E-state index contributed by atoms with van der Waals surface area (Å²) in [5, 5.41) is 18.7. The molecular formula is C20H21F3N4O. The number of nitrogens with zero attached hydrogens (tertiary/aromatic N) is 3. The molecule has 28 heavy (non-hydrogen) atoms. The van der Waals surface area contributed by atoms with E-state index in [9.17, 15) is 18.3 Å². The van der Waals surface area contributed by atoms with E-state index in [0.29, 0.717) is 37.1 Å². The zero-order chi connectivity index (χ0) is 19.8. The average molecular weight is 390 g/mol. The standard InChI is InChI=1S/C20H21F3N4O/c21-20(22,23)19(28,14-26-10-8-24-9-11-26)16-6-7-18-15(12-16)13-25-27(18)17-4-2-1-3-5-17/h1-7,12-13,24,28H,8-11,14H2. The van der Waals surface area contributed by atoms with Gasteiger partial charge in [0, 0.05) is 38.1 Å². The van der Waals surface area contributed by atoms with Crippen molar-refractivity contribution in [3.05, 3.63) is 60.3 Å². The summed E-state index contributed by atoms with van der Waals surface area (Å²) in [4.78, 5) is 1.64. The highest BCUT2D eigenvalue weighted by Crippen LogP contribution is 2.40. The fraction of sp³-hybridized carbons (Fsp3) is 0.350. The molecule has 0 aliphatic carbocycles. The molecule has 4 rings (SSSR count). The minimum Gasteiger partial charge on any atom is -0.375 e. The lowest BCUT2D eigenvalue weighted by molar-refractivity contribution is -0.272. The maximum absolute atomic E-state index is 13.9. The van der Waals surface area contributed by atoms with Gasteiger partial charge in [-0.05, 0) is 29.8 Å². The van der Waals surface area contributed by atoms with Crippen molar-refractivity contribution in [1.29, 1.82) is 0 Å². The van der Waals surface area contributed by atoms with Crippen molar-refractivity contribution in [3.63, 3.8) is 0 Å². The van der Waals surface area contributed by atoms with Crippen LogP contribution in [0.3, 0.4) is 0 Å². The number of piperazine rings is 1. The van der Waals surface area contributed by atoms with Gasteiger partial charge in [-0.1, -0.05) is 24.3 Å². The predicted molar refractivity (Wildman–Crippen MR) is 100 cm³/mol. The fourth-order valence-electron chi connectivity index (χ4n) is 3.60. The highest BCUT2D eigenvalue weighted by molar-refractivity contribution is 5.81. The molecule has 0 radical (unpaired) electrons. The molecule has 1 aromatic heterocycles. The Kier molecular flexibility index (Phi) is 4.86. The summed E-state index contributed by atoms with van der Waals surface area (Å²) in [6.45, 7) is 1.66. The maximum atomic E-state index is 13.9. The molecule has 1 aliphatic heterocycles. The van der Waals surface area contributed by atoms with Crippen LogP contribution in [0.1, 0.15) is 5.56 Å². The van der Waals surface area contributed by atoms with Crippen LogP contribution in [-0.4, -0.2) is 58.7 Å². The van der Waals surface area contributed by atoms with Crippen molar-refractivity contribution in [2.75, 3.05) is 32.7 Å². The highest BCUT2D eigenvalue weighted by atomic mass is 19.4. The van der Waals surface area contributed by atoms with Gasteiger partial charge in [0.2, 0.25) is 0 Å². The number of alkyl halides is 3. The van der Waals surface area contributed by atoms with E-state index in [0.717, 1.165) is 5.69 Å². The number of nitrogens with one attached hydrogen (secondary N) is 1. The Hall–Kier alpha value is -2.42. The van der Waals surface area contributed by atoms with Crippen LogP contribution < -0.4 is 5.32 Å². The Morgan fingerprint density at radius 1 is 1.04 bits per heavy atom. The van der Waals surface area contributed by atoms with Crippen LogP contribution in [-0.2, 0) is 5.60 Å². The van der Waals surface area contributed by atoms with E-state index in [2.05, 4.69) is 10.4 Å². The van der Waals surface area contributed by atoms with E-state index in [-0.39, 0.29) is 5.56 Å². The van der Waals surface area contributed by atoms with Gasteiger partial charge in [-0.3, -0.25) is 4.90 Å². The molecule has 3 aromatic rings. The summed E-state index contributed by atoms with van der Waals surface area (Å²) in [5.74, 6) is 0. The molecule has 2 N–H and O–H groups in total. The van der Waals surface area contributed by atoms with Gasteiger partial charge in [0.15, 0.2) is 5.60 Å². The number of aromatic nitrogens is 2. The van der Waals surface area contributed by atoms with Crippen LogP contribution in [0.25, 0.3) is 16.6 Å². The van der Waals surface area contributed by atoms with Gasteiger partial charge in [0.1, 0.15) is 0 Å². The predicted octanol–water partition coefficient (Wildman–Crippen LogP) is 2.68. The molecule has 8 heteroatoms. The molecule has 0 saturated carbocycles. The van der Waals surface area contributed by atoms with E-state index in [4.69, 9.17) is 0 Å². The van der Waals surface area contributed by atoms with Crippen molar-refractivity contribution in [2.24, 2.45) is 0 Å². The van der Waals surface area contributed by atoms with Gasteiger partial charge in [0.25, 0.3) is 0 Å². The Balaban J connectivity index is 1.72. The first-order valence-corrected chi connectivity index (χ1v) is 9.14. The Morgan fingerprint density at radius 2 is 1.75 bits per heavy atom. The number of hydrogen-bond acceptors (Lipinski definition) is 4. The van der Waals surface area contributed by atoms with Crippen LogP contribution in [0.2, 0.25) is 0 Å². The second-order valence-corrected chi connectivity index (χ2v) is 7.05. The fourth-order valence-corrected chi connectivity index (χ4v) is 3.60. The Bertz CT molecular complexity index is 951. The normalized spacial score (nSPS) is 18.3. The van der Waals surface area contributed by atoms with E-state index in [1.54, 1.807) is 15.6 Å². The summed E-state index contributed by atoms with van der Waals surface area (Å²) in [7, 11) is 0. The zero-order valence-corrected chi connectivity index (χ0v) is 15.2. The van der Waals surface area contributed by atoms with Gasteiger partial charge >= 0.3 is 6.18 Å². The molecule has 1 atom stereocenters. The van der Waals surface area contributed by atoms with Gasteiger partial charge in [0.05, 0.1) is 17.4 Å². The maximum Gasteiger partial charge on any atom is 0.422 e. The molecule has 0 amide bonds. The van der Waals surface area contributed by atoms with Gasteiger partial charge in [-0.25, -0.2) is 4.68 Å². The van der Waals surface area contributed by atoms with Gasteiger partial charge < -0.3 is 10.4 Å². The minimum atomic E-state index is -4.79. The molecule has 2 aromatic carbocycles. The van der Waals surface area contributed by atoms with Crippen LogP contribution in [0.4, 0.5) is 13.2 Å². The summed E-state index contributed by atoms with van der Waals surface area (Å²) in [5.41, 5.74) is -1.61. The van der Waals surface area contributed by atoms with Gasteiger partial charge in [-0.2, -0.15) is 18.3 Å². The van der Waals surface area contributed by atoms with E-state index >= 15 is 0 Å². The number of benzene rings is 2. The lowest BCUT2D eigenvalue weighted by Crippen LogP contribution is -2.55. The van der Waals surface area contributed by atoms with E-state index in [1.807, 2.05) is 30.3 Å². The third kappa shape index (κ3) is 3.39. The van der Waals surface area contributed by atoms with Crippen molar-refractivity contribution in [2.45, 2.75) is 11.8 Å². The zero-order valence-electron chi connectivity index (χ0n) is 15.2. The highest BCUT2D eigenvalue weighted by Gasteiger charge is 2.55. The van der Waals surface area contributed by atoms with E-state index in [1.165, 1.54) is 18.3 Å². The summed E-state index contributed by atoms with van der Waals surface area (Å²) in [6.07, 6.45) is -3.27. The van der Waals surface area contributed by atoms with E-state index < -0.39 is 18.3 Å². The largest absolute Gasteiger partial charge is 0.422 e. The summed E-state index contributed by atoms with van der Waals surface area (Å²) in [6, 6.07) is 13.7. The number of fused-ring (bicyclic) bond motifs is 1. The Labute approximate surface area is 160 Å². The topological polar surface area (TPSA) is 53.3 Å². The lowest BCUT2D eigenvalue weighted by atomic mass is 9.91. The van der Waals surface area contributed by atoms with Crippen molar-refractivity contribution in [1.82, 2.24) is 20.0 Å². The minimum absolute atomic E-state index is 0.168. The first-order chi connectivity index (χ1) is 13.4. The molecule has 1 fully saturated rings. The summed E-state index contributed by atoms with van der Waals surface area (Å²) < 4.78 is 43.4. The number of hydrogen-bond donors (Lipinski definition) is 2. The molecule has 2 heterocycles. The lowest BCUT2D eigenvalue weighted by Gasteiger charge is -2.37. The molecule has 0 bridgehead atoms. The quantitative estimate of drug-likeness (QED) is 0.719. The first-order valence-electron chi connectivity index (χ1n) is 9.14. The molecule has 1 aliphatic rings. The number of para-hydroxylation sites is 1. The Morgan fingerprint density at radius 3 is 2.43 bits per heavy atom. The van der Waals surface area contributed by atoms with Crippen LogP contribution in [0, 0.1) is 0 Å². The second-order valence-electron chi connectivity index (χ2n) is 7.05. The molecule has 1 saturated heterocycles. The molecule has 1 unspecified atom stereocenters. The van der Waals surface area contributed by atoms with Crippen molar-refractivity contribution in [3.8, 4) is 5.69 Å². The van der Waals surface area contributed by atoms with Crippen LogP contribution >= 0.6 is 0 Å². The second kappa shape index (κ2) is 7.20. The molecule has 148 valence electrons. The smallest absolute Gasteiger partial charge is 0.375 e. The van der Waals surface area contributed by atoms with Gasteiger partial charge in [-0.15, -0.1) is 0 Å². The average Bonchev–Trinajstić information content (AvgIpc) is 3.12. The monoisotopic (exact) mass is 390 g/mol. The molecular weight excluding hydrogens is 369 g/mol. The third-order valence-electron chi connectivity index (χ3n) is 5.18. The first kappa shape index (κ1) is 18.9. The molecule has 0 spiro atoms.